The molecular formula is C25H29N5O6. The quantitative estimate of drug-likeness (QED) is 0.470. The lowest BCUT2D eigenvalue weighted by Gasteiger charge is -2.26. The molecule has 0 unspecified atom stereocenters. The highest BCUT2D eigenvalue weighted by Gasteiger charge is 2.40. The molecule has 3 atom stereocenters. The fraction of sp³-hybridized carbons (Fsp3) is 0.480. The molecule has 190 valence electrons. The van der Waals surface area contributed by atoms with Crippen LogP contribution in [0.5, 0.6) is 0 Å². The fourth-order valence-electron chi connectivity index (χ4n) is 4.77. The number of esters is 2. The first kappa shape index (κ1) is 24.1. The highest BCUT2D eigenvalue weighted by atomic mass is 16.6. The van der Waals surface area contributed by atoms with Gasteiger partial charge in [0.25, 0.3) is 0 Å². The largest absolute Gasteiger partial charge is 0.459 e. The van der Waals surface area contributed by atoms with Gasteiger partial charge in [-0.15, -0.1) is 0 Å². The molecule has 36 heavy (non-hydrogen) atoms. The minimum Gasteiger partial charge on any atom is -0.459 e. The minimum atomic E-state index is -0.688. The monoisotopic (exact) mass is 495 g/mol. The molecule has 0 bridgehead atoms. The third-order valence-corrected chi connectivity index (χ3v) is 6.54. The van der Waals surface area contributed by atoms with Crippen molar-refractivity contribution in [3.05, 3.63) is 48.5 Å². The number of nitrogens with one attached hydrogen (secondary N) is 1. The number of ether oxygens (including phenoxy) is 3. The van der Waals surface area contributed by atoms with Crippen molar-refractivity contribution in [3.8, 4) is 0 Å². The van der Waals surface area contributed by atoms with E-state index >= 15 is 0 Å². The van der Waals surface area contributed by atoms with Crippen LogP contribution in [0.3, 0.4) is 0 Å². The molecule has 0 spiro atoms. The minimum absolute atomic E-state index is 0.0178. The number of hydrogen-bond donors (Lipinski definition) is 2. The van der Waals surface area contributed by atoms with Gasteiger partial charge in [-0.3, -0.25) is 9.36 Å². The van der Waals surface area contributed by atoms with Gasteiger partial charge < -0.3 is 24.6 Å². The zero-order valence-corrected chi connectivity index (χ0v) is 19.9. The second kappa shape index (κ2) is 10.6. The standard InChI is InChI=1S/C25H29N5O6/c1-15(31)35-20-11-19(12-34-25(33)16-5-3-2-4-6-16)36-24(20)30-14-28-21-22(26-13-27-23(21)30)29-17-7-9-18(32)10-8-17/h2-6,13-14,17-20,24,32H,7-12H2,1H3,(H,26,27,29)/t17?,18?,19-,20+,24+/m0/s1. The van der Waals surface area contributed by atoms with E-state index in [9.17, 15) is 14.7 Å². The van der Waals surface area contributed by atoms with Gasteiger partial charge in [0.05, 0.1) is 24.1 Å². The maximum Gasteiger partial charge on any atom is 0.338 e. The summed E-state index contributed by atoms with van der Waals surface area (Å²) in [6, 6.07) is 8.91. The molecule has 1 aromatic carbocycles. The number of nitrogens with zero attached hydrogens (tertiary/aromatic N) is 4. The zero-order chi connectivity index (χ0) is 25.1. The second-order valence-corrected chi connectivity index (χ2v) is 9.19. The van der Waals surface area contributed by atoms with Crippen LogP contribution in [0.2, 0.25) is 0 Å². The lowest BCUT2D eigenvalue weighted by Crippen LogP contribution is -2.28. The van der Waals surface area contributed by atoms with E-state index in [0.717, 1.165) is 25.7 Å². The normalized spacial score (nSPS) is 26.0. The van der Waals surface area contributed by atoms with E-state index < -0.39 is 30.4 Å². The van der Waals surface area contributed by atoms with E-state index in [4.69, 9.17) is 14.2 Å². The van der Waals surface area contributed by atoms with Crippen LogP contribution in [0.15, 0.2) is 43.0 Å². The molecule has 11 heteroatoms. The van der Waals surface area contributed by atoms with E-state index in [-0.39, 0.29) is 18.8 Å². The average Bonchev–Trinajstić information content (AvgIpc) is 3.48. The predicted molar refractivity (Wildman–Crippen MR) is 128 cm³/mol. The van der Waals surface area contributed by atoms with Crippen LogP contribution in [0.1, 0.15) is 55.6 Å². The molecular weight excluding hydrogens is 466 g/mol. The first-order valence-electron chi connectivity index (χ1n) is 12.1. The van der Waals surface area contributed by atoms with Crippen LogP contribution in [0.25, 0.3) is 11.2 Å². The van der Waals surface area contributed by atoms with E-state index in [1.807, 2.05) is 6.07 Å². The highest BCUT2D eigenvalue weighted by Crippen LogP contribution is 2.34. The third kappa shape index (κ3) is 5.31. The van der Waals surface area contributed by atoms with Crippen LogP contribution >= 0.6 is 0 Å². The lowest BCUT2D eigenvalue weighted by molar-refractivity contribution is -0.152. The number of anilines is 1. The first-order valence-corrected chi connectivity index (χ1v) is 12.1. The summed E-state index contributed by atoms with van der Waals surface area (Å²) in [5.41, 5.74) is 1.56. The van der Waals surface area contributed by atoms with Crippen LogP contribution in [-0.2, 0) is 19.0 Å². The van der Waals surface area contributed by atoms with Crippen molar-refractivity contribution >= 4 is 28.9 Å². The van der Waals surface area contributed by atoms with Gasteiger partial charge in [-0.05, 0) is 37.8 Å². The van der Waals surface area contributed by atoms with E-state index in [2.05, 4.69) is 20.3 Å². The summed E-state index contributed by atoms with van der Waals surface area (Å²) in [4.78, 5) is 37.4. The number of aromatic nitrogens is 4. The number of aliphatic hydroxyl groups excluding tert-OH is 1. The molecule has 3 heterocycles. The maximum atomic E-state index is 12.3. The maximum absolute atomic E-state index is 12.3. The number of aliphatic hydroxyl groups is 1. The highest BCUT2D eigenvalue weighted by molar-refractivity contribution is 5.89. The molecule has 3 aromatic rings. The molecule has 2 aliphatic rings. The van der Waals surface area contributed by atoms with Crippen LogP contribution in [0.4, 0.5) is 5.82 Å². The van der Waals surface area contributed by atoms with Gasteiger partial charge in [0.15, 0.2) is 23.2 Å². The number of carbonyl (C=O) groups excluding carboxylic acids is 2. The Labute approximate surface area is 207 Å². The van der Waals surface area contributed by atoms with Crippen molar-refractivity contribution < 1.29 is 28.9 Å². The van der Waals surface area contributed by atoms with Crippen LogP contribution in [-0.4, -0.2) is 67.5 Å². The Hall–Kier alpha value is -3.57. The van der Waals surface area contributed by atoms with Crippen molar-refractivity contribution in [2.75, 3.05) is 11.9 Å². The van der Waals surface area contributed by atoms with Gasteiger partial charge in [-0.1, -0.05) is 18.2 Å². The summed E-state index contributed by atoms with van der Waals surface area (Å²) in [5.74, 6) is -0.273. The average molecular weight is 496 g/mol. The van der Waals surface area contributed by atoms with Gasteiger partial charge in [0.1, 0.15) is 19.0 Å². The summed E-state index contributed by atoms with van der Waals surface area (Å²) >= 11 is 0. The summed E-state index contributed by atoms with van der Waals surface area (Å²) in [5, 5.41) is 13.2. The molecule has 2 aromatic heterocycles. The smallest absolute Gasteiger partial charge is 0.338 e. The SMILES string of the molecule is CC(=O)O[C@@H]1C[C@@H](COC(=O)c2ccccc2)O[C@H]1n1cnc2c(NC3CCC(O)CC3)ncnc21. The molecule has 1 saturated heterocycles. The Morgan fingerprint density at radius 3 is 2.67 bits per heavy atom. The Bertz CT molecular complexity index is 1210. The summed E-state index contributed by atoms with van der Waals surface area (Å²) in [7, 11) is 0. The predicted octanol–water partition coefficient (Wildman–Crippen LogP) is 2.62. The first-order chi connectivity index (χ1) is 17.5. The Morgan fingerprint density at radius 1 is 1.14 bits per heavy atom. The summed E-state index contributed by atoms with van der Waals surface area (Å²) in [6.45, 7) is 1.36. The summed E-state index contributed by atoms with van der Waals surface area (Å²) in [6.07, 6.45) is 4.57. The van der Waals surface area contributed by atoms with Crippen molar-refractivity contribution in [3.63, 3.8) is 0 Å². The molecule has 2 N–H and O–H groups in total. The number of rotatable bonds is 7. The summed E-state index contributed by atoms with van der Waals surface area (Å²) < 4.78 is 18.9. The van der Waals surface area contributed by atoms with E-state index in [0.29, 0.717) is 29.0 Å². The number of fused-ring (bicyclic) bond motifs is 1. The van der Waals surface area contributed by atoms with Gasteiger partial charge >= 0.3 is 11.9 Å². The topological polar surface area (TPSA) is 138 Å². The molecule has 1 aliphatic heterocycles. The van der Waals surface area contributed by atoms with E-state index in [1.165, 1.54) is 13.3 Å². The molecule has 0 amide bonds. The Morgan fingerprint density at radius 2 is 1.92 bits per heavy atom. The number of carbonyl (C=O) groups is 2. The van der Waals surface area contributed by atoms with Crippen molar-refractivity contribution in [2.45, 2.75) is 69.6 Å². The van der Waals surface area contributed by atoms with Crippen LogP contribution < -0.4 is 5.32 Å². The molecule has 0 radical (unpaired) electrons. The Balaban J connectivity index is 1.32. The second-order valence-electron chi connectivity index (χ2n) is 9.19. The number of imidazole rings is 1. The van der Waals surface area contributed by atoms with Crippen molar-refractivity contribution in [1.82, 2.24) is 19.5 Å². The molecule has 1 aliphatic carbocycles. The lowest BCUT2D eigenvalue weighted by atomic mass is 9.93. The van der Waals surface area contributed by atoms with Gasteiger partial charge in [0.2, 0.25) is 0 Å². The number of hydrogen-bond acceptors (Lipinski definition) is 10. The van der Waals surface area contributed by atoms with Crippen molar-refractivity contribution in [1.29, 1.82) is 0 Å². The molecule has 5 rings (SSSR count). The van der Waals surface area contributed by atoms with Gasteiger partial charge in [0, 0.05) is 19.4 Å². The molecule has 1 saturated carbocycles. The molecule has 2 fully saturated rings. The molecule has 11 nitrogen and oxygen atoms in total. The van der Waals surface area contributed by atoms with Gasteiger partial charge in [-0.25, -0.2) is 19.7 Å². The van der Waals surface area contributed by atoms with Crippen LogP contribution in [0, 0.1) is 0 Å². The van der Waals surface area contributed by atoms with Crippen molar-refractivity contribution in [2.24, 2.45) is 0 Å². The third-order valence-electron chi connectivity index (χ3n) is 6.54. The number of benzene rings is 1. The zero-order valence-electron chi connectivity index (χ0n) is 19.9. The fourth-order valence-corrected chi connectivity index (χ4v) is 4.77. The van der Waals surface area contributed by atoms with Gasteiger partial charge in [-0.2, -0.15) is 0 Å². The Kier molecular flexibility index (Phi) is 7.10. The van der Waals surface area contributed by atoms with E-state index in [1.54, 1.807) is 35.2 Å².